The van der Waals surface area contributed by atoms with Gasteiger partial charge in [-0.1, -0.05) is 18.2 Å². The summed E-state index contributed by atoms with van der Waals surface area (Å²) < 4.78 is 0. The minimum atomic E-state index is -1.08. The van der Waals surface area contributed by atoms with Crippen LogP contribution >= 0.6 is 0 Å². The van der Waals surface area contributed by atoms with E-state index in [9.17, 15) is 19.5 Å². The number of hydrogen-bond donors (Lipinski definition) is 2. The number of amides is 3. The summed E-state index contributed by atoms with van der Waals surface area (Å²) in [5, 5.41) is 9.26. The minimum absolute atomic E-state index is 0.252. The molecule has 3 N–H and O–H groups in total. The molecule has 1 aliphatic rings. The van der Waals surface area contributed by atoms with Crippen LogP contribution in [0.25, 0.3) is 0 Å². The molecule has 0 fully saturated rings. The molecule has 1 heterocycles. The van der Waals surface area contributed by atoms with Crippen LogP contribution in [0.5, 0.6) is 0 Å². The van der Waals surface area contributed by atoms with E-state index in [1.54, 1.807) is 24.3 Å². The Balaban J connectivity index is 2.33. The number of nitrogens with two attached hydrogens (primary N) is 1. The van der Waals surface area contributed by atoms with Gasteiger partial charge in [0.15, 0.2) is 0 Å². The van der Waals surface area contributed by atoms with Gasteiger partial charge in [-0.3, -0.25) is 9.69 Å². The Hall–Kier alpha value is -2.57. The molecule has 0 saturated carbocycles. The van der Waals surface area contributed by atoms with Gasteiger partial charge in [0, 0.05) is 19.2 Å². The molecule has 7 nitrogen and oxygen atoms in total. The van der Waals surface area contributed by atoms with E-state index in [1.165, 1.54) is 11.9 Å². The normalized spacial score (nSPS) is 16.6. The van der Waals surface area contributed by atoms with Crippen LogP contribution in [0.3, 0.4) is 0 Å². The lowest BCUT2D eigenvalue weighted by molar-refractivity contribution is -0.138. The number of aliphatic carboxylic acids is 1. The number of carbonyl (C=O) groups is 3. The zero-order valence-electron chi connectivity index (χ0n) is 10.9. The summed E-state index contributed by atoms with van der Waals surface area (Å²) >= 11 is 0. The second-order valence-corrected chi connectivity index (χ2v) is 4.66. The molecule has 0 aromatic heterocycles. The van der Waals surface area contributed by atoms with Crippen LogP contribution in [-0.4, -0.2) is 47.5 Å². The van der Waals surface area contributed by atoms with Crippen molar-refractivity contribution in [2.45, 2.75) is 12.5 Å². The largest absolute Gasteiger partial charge is 0.480 e. The van der Waals surface area contributed by atoms with E-state index in [1.807, 2.05) is 0 Å². The van der Waals surface area contributed by atoms with Crippen molar-refractivity contribution < 1.29 is 19.5 Å². The van der Waals surface area contributed by atoms with Gasteiger partial charge in [0.05, 0.1) is 0 Å². The Labute approximate surface area is 115 Å². The van der Waals surface area contributed by atoms with Crippen LogP contribution in [0, 0.1) is 0 Å². The summed E-state index contributed by atoms with van der Waals surface area (Å²) in [4.78, 5) is 36.9. The number of para-hydroxylation sites is 1. The topological polar surface area (TPSA) is 104 Å². The van der Waals surface area contributed by atoms with Crippen molar-refractivity contribution >= 4 is 23.6 Å². The highest BCUT2D eigenvalue weighted by Crippen LogP contribution is 2.32. The molecule has 0 unspecified atom stereocenters. The van der Waals surface area contributed by atoms with Crippen LogP contribution in [0.4, 0.5) is 10.5 Å². The summed E-state index contributed by atoms with van der Waals surface area (Å²) in [6, 6.07) is 5.48. The monoisotopic (exact) mass is 277 g/mol. The molecule has 0 saturated heterocycles. The Morgan fingerprint density at radius 1 is 1.40 bits per heavy atom. The number of carbonyl (C=O) groups excluding carboxylic acids is 2. The molecule has 1 aliphatic heterocycles. The summed E-state index contributed by atoms with van der Waals surface area (Å²) in [6.45, 7) is -0.260. The summed E-state index contributed by atoms with van der Waals surface area (Å²) in [5.41, 5.74) is 6.40. The molecule has 0 aliphatic carbocycles. The standard InChI is InChI=1S/C13H15N3O4/c1-15(7-11(14)17)13(20)16-9-5-3-2-4-8(9)6-10(16)12(18)19/h2-5,10H,6-7H2,1H3,(H2,14,17)(H,18,19)/t10-/m0/s1. The van der Waals surface area contributed by atoms with Gasteiger partial charge in [0.25, 0.3) is 0 Å². The summed E-state index contributed by atoms with van der Waals surface area (Å²) in [5.74, 6) is -1.73. The highest BCUT2D eigenvalue weighted by atomic mass is 16.4. The maximum Gasteiger partial charge on any atom is 0.327 e. The van der Waals surface area contributed by atoms with E-state index in [-0.39, 0.29) is 13.0 Å². The highest BCUT2D eigenvalue weighted by Gasteiger charge is 2.39. The Morgan fingerprint density at radius 3 is 2.65 bits per heavy atom. The zero-order chi connectivity index (χ0) is 14.9. The Kier molecular flexibility index (Phi) is 3.60. The molecule has 0 bridgehead atoms. The molecule has 1 aromatic carbocycles. The van der Waals surface area contributed by atoms with Gasteiger partial charge in [-0.15, -0.1) is 0 Å². The first-order valence-electron chi connectivity index (χ1n) is 6.05. The van der Waals surface area contributed by atoms with Crippen LogP contribution in [-0.2, 0) is 16.0 Å². The highest BCUT2D eigenvalue weighted by molar-refractivity contribution is 6.01. The van der Waals surface area contributed by atoms with Crippen molar-refractivity contribution in [3.05, 3.63) is 29.8 Å². The smallest absolute Gasteiger partial charge is 0.327 e. The van der Waals surface area contributed by atoms with Crippen molar-refractivity contribution in [2.75, 3.05) is 18.5 Å². The van der Waals surface area contributed by atoms with E-state index in [2.05, 4.69) is 0 Å². The van der Waals surface area contributed by atoms with E-state index in [0.717, 1.165) is 10.5 Å². The maximum absolute atomic E-state index is 12.3. The number of nitrogens with zero attached hydrogens (tertiary/aromatic N) is 2. The first-order valence-corrected chi connectivity index (χ1v) is 6.05. The lowest BCUT2D eigenvalue weighted by Crippen LogP contribution is -2.50. The number of anilines is 1. The predicted octanol–water partition coefficient (Wildman–Crippen LogP) is 0.0394. The summed E-state index contributed by atoms with van der Waals surface area (Å²) in [6.07, 6.45) is 0.252. The SMILES string of the molecule is CN(CC(N)=O)C(=O)N1c2ccccc2C[C@H]1C(=O)O. The van der Waals surface area contributed by atoms with Gasteiger partial charge in [0.1, 0.15) is 12.6 Å². The number of primary amides is 1. The molecule has 106 valence electrons. The van der Waals surface area contributed by atoms with Crippen LogP contribution in [0.2, 0.25) is 0 Å². The van der Waals surface area contributed by atoms with Crippen molar-refractivity contribution in [3.63, 3.8) is 0 Å². The van der Waals surface area contributed by atoms with Crippen LogP contribution in [0.1, 0.15) is 5.56 Å². The number of carboxylic acid groups (broad SMARTS) is 1. The zero-order valence-corrected chi connectivity index (χ0v) is 10.9. The minimum Gasteiger partial charge on any atom is -0.480 e. The predicted molar refractivity (Wildman–Crippen MR) is 71.3 cm³/mol. The molecular weight excluding hydrogens is 262 g/mol. The molecule has 2 rings (SSSR count). The maximum atomic E-state index is 12.3. The fourth-order valence-corrected chi connectivity index (χ4v) is 2.31. The Bertz CT molecular complexity index is 572. The number of urea groups is 1. The van der Waals surface area contributed by atoms with Crippen molar-refractivity contribution in [1.82, 2.24) is 4.90 Å². The Morgan fingerprint density at radius 2 is 2.05 bits per heavy atom. The number of likely N-dealkylation sites (N-methyl/N-ethyl adjacent to an activating group) is 1. The number of fused-ring (bicyclic) bond motifs is 1. The fourth-order valence-electron chi connectivity index (χ4n) is 2.31. The lowest BCUT2D eigenvalue weighted by atomic mass is 10.1. The fraction of sp³-hybridized carbons (Fsp3) is 0.308. The number of benzene rings is 1. The van der Waals surface area contributed by atoms with Gasteiger partial charge in [0.2, 0.25) is 5.91 Å². The number of rotatable bonds is 3. The second-order valence-electron chi connectivity index (χ2n) is 4.66. The van der Waals surface area contributed by atoms with Gasteiger partial charge < -0.3 is 15.7 Å². The average Bonchev–Trinajstić information content (AvgIpc) is 2.76. The van der Waals surface area contributed by atoms with Gasteiger partial charge in [-0.2, -0.15) is 0 Å². The third-order valence-electron chi connectivity index (χ3n) is 3.19. The molecule has 20 heavy (non-hydrogen) atoms. The van der Waals surface area contributed by atoms with E-state index in [0.29, 0.717) is 5.69 Å². The molecule has 0 radical (unpaired) electrons. The number of hydrogen-bond acceptors (Lipinski definition) is 3. The van der Waals surface area contributed by atoms with Crippen molar-refractivity contribution in [2.24, 2.45) is 5.73 Å². The van der Waals surface area contributed by atoms with E-state index in [4.69, 9.17) is 5.73 Å². The average molecular weight is 277 g/mol. The molecular formula is C13H15N3O4. The molecule has 0 spiro atoms. The second kappa shape index (κ2) is 5.20. The molecule has 7 heteroatoms. The lowest BCUT2D eigenvalue weighted by Gasteiger charge is -2.27. The molecule has 3 amide bonds. The molecule has 1 aromatic rings. The third-order valence-corrected chi connectivity index (χ3v) is 3.19. The van der Waals surface area contributed by atoms with E-state index < -0.39 is 23.9 Å². The van der Waals surface area contributed by atoms with Gasteiger partial charge in [-0.25, -0.2) is 9.59 Å². The van der Waals surface area contributed by atoms with E-state index >= 15 is 0 Å². The third kappa shape index (κ3) is 2.42. The van der Waals surface area contributed by atoms with Crippen LogP contribution < -0.4 is 10.6 Å². The first kappa shape index (κ1) is 13.9. The van der Waals surface area contributed by atoms with Gasteiger partial charge in [-0.05, 0) is 11.6 Å². The quantitative estimate of drug-likeness (QED) is 0.813. The van der Waals surface area contributed by atoms with Crippen molar-refractivity contribution in [1.29, 1.82) is 0 Å². The molecule has 1 atom stereocenters. The van der Waals surface area contributed by atoms with Crippen molar-refractivity contribution in [3.8, 4) is 0 Å². The van der Waals surface area contributed by atoms with Crippen LogP contribution in [0.15, 0.2) is 24.3 Å². The number of carboxylic acids is 1. The summed E-state index contributed by atoms with van der Waals surface area (Å²) in [7, 11) is 1.41. The van der Waals surface area contributed by atoms with Gasteiger partial charge >= 0.3 is 12.0 Å². The first-order chi connectivity index (χ1) is 9.41.